The zero-order valence-electron chi connectivity index (χ0n) is 9.65. The molecule has 0 saturated carbocycles. The normalized spacial score (nSPS) is 19.2. The molecule has 1 aliphatic heterocycles. The molecule has 0 bridgehead atoms. The molecule has 17 heavy (non-hydrogen) atoms. The number of thiophene rings is 1. The summed E-state index contributed by atoms with van der Waals surface area (Å²) in [6.07, 6.45) is 2.10. The maximum atomic E-state index is 12.1. The Bertz CT molecular complexity index is 386. The molecule has 5 heteroatoms. The third kappa shape index (κ3) is 3.71. The second-order valence-electron chi connectivity index (χ2n) is 4.06. The average Bonchev–Trinajstić information content (AvgIpc) is 2.76. The Morgan fingerprint density at radius 1 is 1.53 bits per heavy atom. The number of thioether (sulfide) groups is 1. The number of hydrogen-bond acceptors (Lipinski definition) is 4. The summed E-state index contributed by atoms with van der Waals surface area (Å²) in [5, 5.41) is 0.561. The Balaban J connectivity index is 1.90. The molecular formula is C12H15ClO2S2. The maximum absolute atomic E-state index is 12.1. The standard InChI is InChI=1S/C12H15ClO2S2/c1-8(16-9-4-6-15-7-5-9)12(14)10-2-3-11(13)17-10/h2-3,8-9H,4-7H2,1H3. The van der Waals surface area contributed by atoms with E-state index in [0.717, 1.165) is 30.9 Å². The molecule has 0 aromatic carbocycles. The van der Waals surface area contributed by atoms with Crippen LogP contribution in [-0.2, 0) is 4.74 Å². The van der Waals surface area contributed by atoms with Crippen molar-refractivity contribution in [3.8, 4) is 0 Å². The van der Waals surface area contributed by atoms with Gasteiger partial charge in [-0.25, -0.2) is 0 Å². The van der Waals surface area contributed by atoms with E-state index in [9.17, 15) is 4.79 Å². The lowest BCUT2D eigenvalue weighted by atomic mass is 10.2. The van der Waals surface area contributed by atoms with Gasteiger partial charge in [-0.15, -0.1) is 23.1 Å². The molecule has 2 rings (SSSR count). The summed E-state index contributed by atoms with van der Waals surface area (Å²) < 4.78 is 5.99. The summed E-state index contributed by atoms with van der Waals surface area (Å²) >= 11 is 8.97. The third-order valence-electron chi connectivity index (χ3n) is 2.75. The zero-order valence-corrected chi connectivity index (χ0v) is 12.0. The van der Waals surface area contributed by atoms with Crippen molar-refractivity contribution in [2.24, 2.45) is 0 Å². The van der Waals surface area contributed by atoms with Gasteiger partial charge in [0.05, 0.1) is 14.5 Å². The van der Waals surface area contributed by atoms with E-state index in [1.807, 2.05) is 13.0 Å². The van der Waals surface area contributed by atoms with Crippen molar-refractivity contribution in [1.82, 2.24) is 0 Å². The fourth-order valence-electron chi connectivity index (χ4n) is 1.81. The smallest absolute Gasteiger partial charge is 0.185 e. The van der Waals surface area contributed by atoms with Crippen LogP contribution in [0.5, 0.6) is 0 Å². The number of hydrogen-bond donors (Lipinski definition) is 0. The van der Waals surface area contributed by atoms with Crippen LogP contribution >= 0.6 is 34.7 Å². The number of rotatable bonds is 4. The van der Waals surface area contributed by atoms with Crippen LogP contribution in [0, 0.1) is 0 Å². The summed E-state index contributed by atoms with van der Waals surface area (Å²) in [6.45, 7) is 3.63. The Morgan fingerprint density at radius 2 is 2.24 bits per heavy atom. The molecule has 2 heterocycles. The van der Waals surface area contributed by atoms with E-state index in [2.05, 4.69) is 0 Å². The summed E-state index contributed by atoms with van der Waals surface area (Å²) in [4.78, 5) is 12.9. The number of Topliss-reactive ketones (excluding diaryl/α,β-unsaturated/α-hetero) is 1. The van der Waals surface area contributed by atoms with Gasteiger partial charge in [0, 0.05) is 18.5 Å². The predicted molar refractivity (Wildman–Crippen MR) is 74.6 cm³/mol. The lowest BCUT2D eigenvalue weighted by Crippen LogP contribution is -2.22. The molecule has 0 aliphatic carbocycles. The topological polar surface area (TPSA) is 26.3 Å². The van der Waals surface area contributed by atoms with Crippen LogP contribution in [0.3, 0.4) is 0 Å². The van der Waals surface area contributed by atoms with Crippen LogP contribution < -0.4 is 0 Å². The second-order valence-corrected chi connectivity index (χ2v) is 7.42. The van der Waals surface area contributed by atoms with Gasteiger partial charge in [-0.05, 0) is 31.9 Å². The number of halogens is 1. The van der Waals surface area contributed by atoms with Crippen LogP contribution in [-0.4, -0.2) is 29.5 Å². The van der Waals surface area contributed by atoms with Crippen LogP contribution in [0.4, 0.5) is 0 Å². The van der Waals surface area contributed by atoms with Crippen LogP contribution in [0.25, 0.3) is 0 Å². The SMILES string of the molecule is CC(SC1CCOCC1)C(=O)c1ccc(Cl)s1. The average molecular weight is 291 g/mol. The van der Waals surface area contributed by atoms with Crippen LogP contribution in [0.2, 0.25) is 4.34 Å². The summed E-state index contributed by atoms with van der Waals surface area (Å²) in [6, 6.07) is 3.60. The number of ketones is 1. The highest BCUT2D eigenvalue weighted by Gasteiger charge is 2.23. The fraction of sp³-hybridized carbons (Fsp3) is 0.583. The van der Waals surface area contributed by atoms with Crippen molar-refractivity contribution in [2.75, 3.05) is 13.2 Å². The molecule has 1 saturated heterocycles. The Morgan fingerprint density at radius 3 is 2.82 bits per heavy atom. The summed E-state index contributed by atoms with van der Waals surface area (Å²) in [7, 11) is 0. The first-order chi connectivity index (χ1) is 8.16. The number of carbonyl (C=O) groups excluding carboxylic acids is 1. The lowest BCUT2D eigenvalue weighted by molar-refractivity contribution is 0.0976. The predicted octanol–water partition coefficient (Wildman–Crippen LogP) is 3.88. The molecule has 0 amide bonds. The van der Waals surface area contributed by atoms with Gasteiger partial charge in [0.2, 0.25) is 0 Å². The molecule has 1 unspecified atom stereocenters. The zero-order chi connectivity index (χ0) is 12.3. The first kappa shape index (κ1) is 13.4. The van der Waals surface area contributed by atoms with Crippen molar-refractivity contribution in [3.63, 3.8) is 0 Å². The molecule has 1 aliphatic rings. The van der Waals surface area contributed by atoms with Crippen LogP contribution in [0.1, 0.15) is 29.4 Å². The van der Waals surface area contributed by atoms with Gasteiger partial charge in [-0.2, -0.15) is 0 Å². The highest BCUT2D eigenvalue weighted by molar-refractivity contribution is 8.01. The minimum Gasteiger partial charge on any atom is -0.381 e. The molecule has 1 aromatic rings. The van der Waals surface area contributed by atoms with Gasteiger partial charge in [0.25, 0.3) is 0 Å². The van der Waals surface area contributed by atoms with Gasteiger partial charge in [-0.3, -0.25) is 4.79 Å². The second kappa shape index (κ2) is 6.23. The lowest BCUT2D eigenvalue weighted by Gasteiger charge is -2.23. The molecule has 1 aromatic heterocycles. The molecule has 0 N–H and O–H groups in total. The molecule has 1 fully saturated rings. The first-order valence-electron chi connectivity index (χ1n) is 5.69. The van der Waals surface area contributed by atoms with E-state index >= 15 is 0 Å². The van der Waals surface area contributed by atoms with E-state index in [0.29, 0.717) is 9.59 Å². The molecular weight excluding hydrogens is 276 g/mol. The highest BCUT2D eigenvalue weighted by Crippen LogP contribution is 2.30. The largest absolute Gasteiger partial charge is 0.381 e. The van der Waals surface area contributed by atoms with Gasteiger partial charge >= 0.3 is 0 Å². The Kier molecular flexibility index (Phi) is 4.91. The molecule has 94 valence electrons. The van der Waals surface area contributed by atoms with E-state index in [1.54, 1.807) is 17.8 Å². The summed E-state index contributed by atoms with van der Waals surface area (Å²) in [5.74, 6) is 0.193. The van der Waals surface area contributed by atoms with Crippen LogP contribution in [0.15, 0.2) is 12.1 Å². The van der Waals surface area contributed by atoms with E-state index in [-0.39, 0.29) is 11.0 Å². The van der Waals surface area contributed by atoms with Crippen molar-refractivity contribution in [1.29, 1.82) is 0 Å². The van der Waals surface area contributed by atoms with E-state index in [1.165, 1.54) is 11.3 Å². The Hall–Kier alpha value is -0.0300. The monoisotopic (exact) mass is 290 g/mol. The fourth-order valence-corrected chi connectivity index (χ4v) is 4.25. The Labute approximate surface area is 115 Å². The minimum absolute atomic E-state index is 0.00724. The minimum atomic E-state index is 0.00724. The van der Waals surface area contributed by atoms with Gasteiger partial charge < -0.3 is 4.74 Å². The number of ether oxygens (including phenoxy) is 1. The van der Waals surface area contributed by atoms with Crippen molar-refractivity contribution in [2.45, 2.75) is 30.3 Å². The maximum Gasteiger partial charge on any atom is 0.185 e. The van der Waals surface area contributed by atoms with Crippen molar-refractivity contribution in [3.05, 3.63) is 21.3 Å². The highest BCUT2D eigenvalue weighted by atomic mass is 35.5. The van der Waals surface area contributed by atoms with Gasteiger partial charge in [0.1, 0.15) is 0 Å². The molecule has 0 radical (unpaired) electrons. The molecule has 0 spiro atoms. The molecule has 2 nitrogen and oxygen atoms in total. The van der Waals surface area contributed by atoms with Crippen molar-refractivity contribution >= 4 is 40.5 Å². The third-order valence-corrected chi connectivity index (χ3v) is 5.47. The van der Waals surface area contributed by atoms with Gasteiger partial charge in [-0.1, -0.05) is 11.6 Å². The first-order valence-corrected chi connectivity index (χ1v) is 7.83. The van der Waals surface area contributed by atoms with E-state index in [4.69, 9.17) is 16.3 Å². The quantitative estimate of drug-likeness (QED) is 0.787. The van der Waals surface area contributed by atoms with E-state index < -0.39 is 0 Å². The van der Waals surface area contributed by atoms with Crippen molar-refractivity contribution < 1.29 is 9.53 Å². The molecule has 1 atom stereocenters. The number of carbonyl (C=O) groups is 1. The summed E-state index contributed by atoms with van der Waals surface area (Å²) in [5.41, 5.74) is 0. The van der Waals surface area contributed by atoms with Gasteiger partial charge in [0.15, 0.2) is 5.78 Å².